The number of halogens is 3. The number of fused-ring (bicyclic) bond motifs is 1. The first-order valence-corrected chi connectivity index (χ1v) is 13.3. The van der Waals surface area contributed by atoms with Gasteiger partial charge in [0.05, 0.1) is 15.4 Å². The van der Waals surface area contributed by atoms with Crippen LogP contribution in [-0.2, 0) is 39.0 Å². The van der Waals surface area contributed by atoms with Crippen molar-refractivity contribution in [2.45, 2.75) is 28.9 Å². The van der Waals surface area contributed by atoms with Crippen LogP contribution >= 0.6 is 0 Å². The molecular formula is C23H20F3NO4S2. The van der Waals surface area contributed by atoms with E-state index in [1.807, 2.05) is 18.2 Å². The van der Waals surface area contributed by atoms with Crippen LogP contribution in [0.4, 0.5) is 13.2 Å². The van der Waals surface area contributed by atoms with Gasteiger partial charge in [-0.2, -0.15) is 17.5 Å². The molecule has 3 aromatic carbocycles. The summed E-state index contributed by atoms with van der Waals surface area (Å²) in [6, 6.07) is 15.7. The molecule has 0 bridgehead atoms. The highest BCUT2D eigenvalue weighted by molar-refractivity contribution is 7.90. The highest BCUT2D eigenvalue weighted by Crippen LogP contribution is 2.32. The topological polar surface area (TPSA) is 71.5 Å². The van der Waals surface area contributed by atoms with Gasteiger partial charge < -0.3 is 0 Å². The fourth-order valence-corrected chi connectivity index (χ4v) is 5.82. The number of sulfonamides is 1. The largest absolute Gasteiger partial charge is 0.416 e. The maximum Gasteiger partial charge on any atom is 0.416 e. The van der Waals surface area contributed by atoms with Crippen molar-refractivity contribution >= 4 is 19.9 Å². The van der Waals surface area contributed by atoms with E-state index in [-0.39, 0.29) is 22.9 Å². The van der Waals surface area contributed by atoms with E-state index in [4.69, 9.17) is 0 Å². The number of sulfone groups is 1. The summed E-state index contributed by atoms with van der Waals surface area (Å²) >= 11 is 0. The van der Waals surface area contributed by atoms with Crippen molar-refractivity contribution in [1.82, 2.24) is 4.31 Å². The first kappa shape index (κ1) is 23.5. The van der Waals surface area contributed by atoms with E-state index in [2.05, 4.69) is 0 Å². The number of benzene rings is 3. The fraction of sp³-hybridized carbons (Fsp3) is 0.217. The SMILES string of the molecule is CS(=O)(=O)c1ccc(-c2ccc3c(c2)CCN(S(=O)(=O)c2ccc(C(F)(F)F)cc2)C3)cc1. The predicted octanol–water partition coefficient (Wildman–Crippen LogP) is 4.52. The number of alkyl halides is 3. The van der Waals surface area contributed by atoms with Gasteiger partial charge in [-0.3, -0.25) is 0 Å². The van der Waals surface area contributed by atoms with Crippen molar-refractivity contribution in [3.05, 3.63) is 83.4 Å². The lowest BCUT2D eigenvalue weighted by Gasteiger charge is -2.28. The summed E-state index contributed by atoms with van der Waals surface area (Å²) in [5.74, 6) is 0. The van der Waals surface area contributed by atoms with Crippen LogP contribution in [0.15, 0.2) is 76.5 Å². The Morgan fingerprint density at radius 2 is 1.33 bits per heavy atom. The number of hydrogen-bond acceptors (Lipinski definition) is 4. The second-order valence-electron chi connectivity index (χ2n) is 7.89. The van der Waals surface area contributed by atoms with Crippen LogP contribution in [0.2, 0.25) is 0 Å². The zero-order valence-electron chi connectivity index (χ0n) is 17.5. The maximum atomic E-state index is 13.0. The van der Waals surface area contributed by atoms with Crippen LogP contribution in [0.25, 0.3) is 11.1 Å². The molecule has 0 aromatic heterocycles. The zero-order chi connectivity index (χ0) is 24.0. The van der Waals surface area contributed by atoms with E-state index >= 15 is 0 Å². The third kappa shape index (κ3) is 4.83. The van der Waals surface area contributed by atoms with Gasteiger partial charge in [-0.15, -0.1) is 0 Å². The van der Waals surface area contributed by atoms with Gasteiger partial charge in [0, 0.05) is 19.3 Å². The van der Waals surface area contributed by atoms with Crippen molar-refractivity contribution in [3.63, 3.8) is 0 Å². The molecule has 0 unspecified atom stereocenters. The molecule has 10 heteroatoms. The molecule has 1 aliphatic rings. The maximum absolute atomic E-state index is 13.0. The summed E-state index contributed by atoms with van der Waals surface area (Å²) in [6.07, 6.45) is -2.94. The van der Waals surface area contributed by atoms with E-state index in [0.717, 1.165) is 52.8 Å². The Hall–Kier alpha value is -2.69. The summed E-state index contributed by atoms with van der Waals surface area (Å²) < 4.78 is 88.8. The molecule has 33 heavy (non-hydrogen) atoms. The van der Waals surface area contributed by atoms with E-state index in [0.29, 0.717) is 6.42 Å². The van der Waals surface area contributed by atoms with Gasteiger partial charge in [0.2, 0.25) is 10.0 Å². The Labute approximate surface area is 190 Å². The fourth-order valence-electron chi connectivity index (χ4n) is 3.77. The van der Waals surface area contributed by atoms with Gasteiger partial charge in [-0.1, -0.05) is 30.3 Å². The Bertz CT molecular complexity index is 1400. The highest BCUT2D eigenvalue weighted by atomic mass is 32.2. The molecule has 0 atom stereocenters. The summed E-state index contributed by atoms with van der Waals surface area (Å²) in [6.45, 7) is 0.318. The van der Waals surface area contributed by atoms with Crippen LogP contribution in [0.1, 0.15) is 16.7 Å². The van der Waals surface area contributed by atoms with E-state index in [1.54, 1.807) is 24.3 Å². The van der Waals surface area contributed by atoms with Crippen molar-refractivity contribution < 1.29 is 30.0 Å². The molecule has 4 rings (SSSR count). The molecule has 0 aliphatic carbocycles. The lowest BCUT2D eigenvalue weighted by atomic mass is 9.95. The number of rotatable bonds is 4. The van der Waals surface area contributed by atoms with Crippen LogP contribution in [0, 0.1) is 0 Å². The quantitative estimate of drug-likeness (QED) is 0.534. The lowest BCUT2D eigenvalue weighted by molar-refractivity contribution is -0.137. The molecule has 174 valence electrons. The molecular weight excluding hydrogens is 475 g/mol. The standard InChI is InChI=1S/C23H20F3NO4S2/c1-32(28,29)21-8-4-16(5-9-21)17-2-3-19-15-27(13-12-18(19)14-17)33(30,31)22-10-6-20(7-11-22)23(24,25)26/h2-11,14H,12-13,15H2,1H3. The minimum absolute atomic E-state index is 0.117. The molecule has 1 heterocycles. The molecule has 0 N–H and O–H groups in total. The normalized spacial score (nSPS) is 15.3. The third-order valence-corrected chi connectivity index (χ3v) is 8.61. The van der Waals surface area contributed by atoms with Gasteiger partial charge in [0.15, 0.2) is 9.84 Å². The predicted molar refractivity (Wildman–Crippen MR) is 118 cm³/mol. The Morgan fingerprint density at radius 1 is 0.758 bits per heavy atom. The number of hydrogen-bond donors (Lipinski definition) is 0. The van der Waals surface area contributed by atoms with Crippen molar-refractivity contribution in [2.24, 2.45) is 0 Å². The summed E-state index contributed by atoms with van der Waals surface area (Å²) in [5.41, 5.74) is 2.60. The molecule has 0 spiro atoms. The molecule has 0 saturated heterocycles. The second kappa shape index (κ2) is 8.27. The second-order valence-corrected chi connectivity index (χ2v) is 11.8. The first-order valence-electron chi connectivity index (χ1n) is 9.95. The van der Waals surface area contributed by atoms with Gasteiger partial charge >= 0.3 is 6.18 Å². The lowest BCUT2D eigenvalue weighted by Crippen LogP contribution is -2.36. The van der Waals surface area contributed by atoms with Crippen molar-refractivity contribution in [3.8, 4) is 11.1 Å². The Morgan fingerprint density at radius 3 is 1.91 bits per heavy atom. The summed E-state index contributed by atoms with van der Waals surface area (Å²) in [5, 5.41) is 0. The molecule has 0 saturated carbocycles. The minimum Gasteiger partial charge on any atom is -0.224 e. The zero-order valence-corrected chi connectivity index (χ0v) is 19.1. The molecule has 1 aliphatic heterocycles. The van der Waals surface area contributed by atoms with Gasteiger partial charge in [0.25, 0.3) is 0 Å². The Kier molecular flexibility index (Phi) is 5.88. The van der Waals surface area contributed by atoms with Crippen LogP contribution in [0.5, 0.6) is 0 Å². The molecule has 0 fully saturated rings. The van der Waals surface area contributed by atoms with Gasteiger partial charge in [-0.25, -0.2) is 16.8 Å². The van der Waals surface area contributed by atoms with Crippen LogP contribution in [0.3, 0.4) is 0 Å². The van der Waals surface area contributed by atoms with Gasteiger partial charge in [0.1, 0.15) is 0 Å². The minimum atomic E-state index is -4.53. The van der Waals surface area contributed by atoms with Gasteiger partial charge in [-0.05, 0) is 65.1 Å². The first-order chi connectivity index (χ1) is 15.4. The summed E-state index contributed by atoms with van der Waals surface area (Å²) in [7, 11) is -7.23. The summed E-state index contributed by atoms with van der Waals surface area (Å²) in [4.78, 5) is 0.0508. The highest BCUT2D eigenvalue weighted by Gasteiger charge is 2.32. The van der Waals surface area contributed by atoms with Crippen molar-refractivity contribution in [2.75, 3.05) is 12.8 Å². The molecule has 5 nitrogen and oxygen atoms in total. The van der Waals surface area contributed by atoms with Crippen LogP contribution < -0.4 is 0 Å². The average Bonchev–Trinajstić information content (AvgIpc) is 2.77. The molecule has 0 radical (unpaired) electrons. The van der Waals surface area contributed by atoms with Crippen LogP contribution in [-0.4, -0.2) is 33.9 Å². The third-order valence-electron chi connectivity index (χ3n) is 5.62. The smallest absolute Gasteiger partial charge is 0.224 e. The Balaban J connectivity index is 1.56. The van der Waals surface area contributed by atoms with Crippen molar-refractivity contribution in [1.29, 1.82) is 0 Å². The number of nitrogens with zero attached hydrogens (tertiary/aromatic N) is 1. The monoisotopic (exact) mass is 495 g/mol. The van der Waals surface area contributed by atoms with E-state index < -0.39 is 31.6 Å². The average molecular weight is 496 g/mol. The van der Waals surface area contributed by atoms with E-state index in [1.165, 1.54) is 4.31 Å². The molecule has 3 aromatic rings. The molecule has 0 amide bonds. The van der Waals surface area contributed by atoms with E-state index in [9.17, 15) is 30.0 Å².